The highest BCUT2D eigenvalue weighted by molar-refractivity contribution is 5.74. The van der Waals surface area contributed by atoms with Gasteiger partial charge in [0.2, 0.25) is 0 Å². The molecule has 0 spiro atoms. The molecule has 2 aromatic rings. The minimum Gasteiger partial charge on any atom is -0.338 e. The van der Waals surface area contributed by atoms with Gasteiger partial charge in [0.05, 0.1) is 0 Å². The third-order valence-corrected chi connectivity index (χ3v) is 6.19. The predicted octanol–water partition coefficient (Wildman–Crippen LogP) is 6.15. The zero-order valence-corrected chi connectivity index (χ0v) is 14.9. The van der Waals surface area contributed by atoms with Crippen LogP contribution < -0.4 is 4.90 Å². The van der Waals surface area contributed by atoms with Gasteiger partial charge in [-0.1, -0.05) is 61.5 Å². The molecule has 2 aromatic carbocycles. The Kier molecular flexibility index (Phi) is 3.55. The first kappa shape index (κ1) is 15.0. The van der Waals surface area contributed by atoms with Crippen LogP contribution in [0.2, 0.25) is 0 Å². The second-order valence-electron chi connectivity index (χ2n) is 7.81. The molecule has 3 atom stereocenters. The summed E-state index contributed by atoms with van der Waals surface area (Å²) in [5.41, 5.74) is 7.37. The Hall–Kier alpha value is -2.28. The van der Waals surface area contributed by atoms with Gasteiger partial charge in [-0.3, -0.25) is 0 Å². The maximum Gasteiger partial charge on any atom is 0.0452 e. The first-order chi connectivity index (χ1) is 12.3. The van der Waals surface area contributed by atoms with Crippen molar-refractivity contribution in [2.75, 3.05) is 4.90 Å². The van der Waals surface area contributed by atoms with Crippen molar-refractivity contribution in [2.24, 2.45) is 5.92 Å². The van der Waals surface area contributed by atoms with Gasteiger partial charge in [-0.05, 0) is 60.4 Å². The lowest BCUT2D eigenvalue weighted by Crippen LogP contribution is -2.40. The van der Waals surface area contributed by atoms with Gasteiger partial charge >= 0.3 is 0 Å². The molecule has 2 aliphatic heterocycles. The molecule has 5 rings (SSSR count). The summed E-state index contributed by atoms with van der Waals surface area (Å²) in [5.74, 6) is 1.23. The van der Waals surface area contributed by atoms with Gasteiger partial charge in [-0.25, -0.2) is 0 Å². The van der Waals surface area contributed by atoms with Crippen LogP contribution >= 0.6 is 0 Å². The number of anilines is 2. The summed E-state index contributed by atoms with van der Waals surface area (Å²) >= 11 is 0. The molecule has 3 unspecified atom stereocenters. The number of rotatable bonds is 1. The van der Waals surface area contributed by atoms with Crippen LogP contribution in [0.5, 0.6) is 0 Å². The van der Waals surface area contributed by atoms with Crippen molar-refractivity contribution in [2.45, 2.75) is 44.6 Å². The van der Waals surface area contributed by atoms with E-state index >= 15 is 0 Å². The molecule has 0 saturated heterocycles. The molecule has 0 fully saturated rings. The van der Waals surface area contributed by atoms with Crippen molar-refractivity contribution in [1.29, 1.82) is 0 Å². The van der Waals surface area contributed by atoms with E-state index in [1.54, 1.807) is 0 Å². The smallest absolute Gasteiger partial charge is 0.0452 e. The first-order valence-electron chi connectivity index (χ1n) is 9.65. The van der Waals surface area contributed by atoms with E-state index in [1.807, 2.05) is 0 Å². The fraction of sp³-hybridized carbons (Fsp3) is 0.333. The third kappa shape index (κ3) is 2.45. The zero-order valence-electron chi connectivity index (χ0n) is 14.9. The topological polar surface area (TPSA) is 3.24 Å². The van der Waals surface area contributed by atoms with Crippen LogP contribution in [0.25, 0.3) is 0 Å². The van der Waals surface area contributed by atoms with E-state index < -0.39 is 0 Å². The lowest BCUT2D eigenvalue weighted by atomic mass is 9.76. The molecule has 0 N–H and O–H groups in total. The molecule has 3 aliphatic rings. The van der Waals surface area contributed by atoms with E-state index in [0.717, 1.165) is 0 Å². The number of hydrogen-bond donors (Lipinski definition) is 0. The van der Waals surface area contributed by atoms with Crippen molar-refractivity contribution in [3.05, 3.63) is 83.5 Å². The van der Waals surface area contributed by atoms with E-state index in [-0.39, 0.29) is 0 Å². The molecule has 25 heavy (non-hydrogen) atoms. The van der Waals surface area contributed by atoms with E-state index in [9.17, 15) is 0 Å². The van der Waals surface area contributed by atoms with Crippen LogP contribution in [0.1, 0.15) is 43.2 Å². The van der Waals surface area contributed by atoms with Crippen molar-refractivity contribution in [3.8, 4) is 0 Å². The Morgan fingerprint density at radius 2 is 1.76 bits per heavy atom. The van der Waals surface area contributed by atoms with Crippen molar-refractivity contribution < 1.29 is 0 Å². The van der Waals surface area contributed by atoms with E-state index in [2.05, 4.69) is 78.6 Å². The minimum absolute atomic E-state index is 0.548. The van der Waals surface area contributed by atoms with Gasteiger partial charge in [0.15, 0.2) is 0 Å². The molecule has 0 radical (unpaired) electrons. The van der Waals surface area contributed by atoms with Crippen molar-refractivity contribution in [3.63, 3.8) is 0 Å². The van der Waals surface area contributed by atoms with E-state index in [1.165, 1.54) is 53.8 Å². The summed E-state index contributed by atoms with van der Waals surface area (Å²) in [7, 11) is 0. The Balaban J connectivity index is 1.62. The number of hydrogen-bond acceptors (Lipinski definition) is 1. The van der Waals surface area contributed by atoms with Crippen LogP contribution in [0.15, 0.2) is 72.3 Å². The number of para-hydroxylation sites is 2. The number of fused-ring (bicyclic) bond motifs is 5. The highest BCUT2D eigenvalue weighted by Crippen LogP contribution is 2.49. The quantitative estimate of drug-likeness (QED) is 0.607. The molecule has 0 aromatic heterocycles. The molecular weight excluding hydrogens is 302 g/mol. The fourth-order valence-corrected chi connectivity index (χ4v) is 4.87. The van der Waals surface area contributed by atoms with Gasteiger partial charge in [-0.15, -0.1) is 0 Å². The fourth-order valence-electron chi connectivity index (χ4n) is 4.87. The van der Waals surface area contributed by atoms with Gasteiger partial charge in [0.25, 0.3) is 0 Å². The highest BCUT2D eigenvalue weighted by Gasteiger charge is 2.37. The molecule has 0 amide bonds. The average molecular weight is 327 g/mol. The van der Waals surface area contributed by atoms with Crippen LogP contribution in [-0.4, -0.2) is 6.04 Å². The standard InChI is InChI=1S/C24H25N/c1-17-10-12-18(13-11-17)22-16-20-15-14-19-6-2-4-8-23(19)25(20)24-9-5-3-7-21(22)24/h2-10,12-13,17,20,22H,11,14-16H2,1H3. The van der Waals surface area contributed by atoms with Crippen LogP contribution in [0.4, 0.5) is 11.4 Å². The van der Waals surface area contributed by atoms with Gasteiger partial charge < -0.3 is 4.90 Å². The lowest BCUT2D eigenvalue weighted by Gasteiger charge is -2.46. The number of benzene rings is 2. The number of allylic oxidation sites excluding steroid dienone is 4. The maximum absolute atomic E-state index is 2.63. The molecule has 1 nitrogen and oxygen atoms in total. The maximum atomic E-state index is 2.63. The molecule has 1 aliphatic carbocycles. The van der Waals surface area contributed by atoms with E-state index in [4.69, 9.17) is 0 Å². The molecule has 2 heterocycles. The summed E-state index contributed by atoms with van der Waals surface area (Å²) in [6.07, 6.45) is 12.1. The summed E-state index contributed by atoms with van der Waals surface area (Å²) in [6.45, 7) is 2.30. The normalized spacial score (nSPS) is 27.2. The number of nitrogens with zero attached hydrogens (tertiary/aromatic N) is 1. The number of aryl methyl sites for hydroxylation is 1. The largest absolute Gasteiger partial charge is 0.338 e. The SMILES string of the molecule is CC1C=CC(C2CC3CCc4ccccc4N3c3ccccc32)=CC1. The second kappa shape index (κ2) is 5.91. The first-order valence-corrected chi connectivity index (χ1v) is 9.65. The summed E-state index contributed by atoms with van der Waals surface area (Å²) < 4.78 is 0. The van der Waals surface area contributed by atoms with E-state index in [0.29, 0.717) is 17.9 Å². The molecule has 1 heteroatoms. The monoisotopic (exact) mass is 327 g/mol. The van der Waals surface area contributed by atoms with Crippen LogP contribution in [0, 0.1) is 5.92 Å². The second-order valence-corrected chi connectivity index (χ2v) is 7.81. The van der Waals surface area contributed by atoms with Gasteiger partial charge in [0.1, 0.15) is 0 Å². The Labute approximate surface area is 150 Å². The summed E-state index contributed by atoms with van der Waals surface area (Å²) in [4.78, 5) is 2.63. The van der Waals surface area contributed by atoms with Gasteiger partial charge in [-0.2, -0.15) is 0 Å². The summed E-state index contributed by atoms with van der Waals surface area (Å²) in [6, 6.07) is 18.7. The zero-order chi connectivity index (χ0) is 16.8. The molecule has 126 valence electrons. The third-order valence-electron chi connectivity index (χ3n) is 6.19. The van der Waals surface area contributed by atoms with Crippen molar-refractivity contribution in [1.82, 2.24) is 0 Å². The van der Waals surface area contributed by atoms with Crippen LogP contribution in [-0.2, 0) is 6.42 Å². The predicted molar refractivity (Wildman–Crippen MR) is 105 cm³/mol. The highest BCUT2D eigenvalue weighted by atomic mass is 15.2. The Morgan fingerprint density at radius 1 is 0.960 bits per heavy atom. The van der Waals surface area contributed by atoms with Crippen molar-refractivity contribution >= 4 is 11.4 Å². The Morgan fingerprint density at radius 3 is 2.60 bits per heavy atom. The van der Waals surface area contributed by atoms with Crippen LogP contribution in [0.3, 0.4) is 0 Å². The van der Waals surface area contributed by atoms with Gasteiger partial charge in [0, 0.05) is 23.3 Å². The Bertz CT molecular complexity index is 860. The minimum atomic E-state index is 0.548. The molecule has 0 saturated carbocycles. The molecular formula is C24H25N. The average Bonchev–Trinajstić information content (AvgIpc) is 2.67. The summed E-state index contributed by atoms with van der Waals surface area (Å²) in [5, 5.41) is 0. The molecule has 0 bridgehead atoms. The lowest BCUT2D eigenvalue weighted by molar-refractivity contribution is 0.485.